The molecule has 0 saturated carbocycles. The minimum absolute atomic E-state index is 0.00924. The summed E-state index contributed by atoms with van der Waals surface area (Å²) in [5, 5.41) is 13.1. The molecule has 2 saturated heterocycles. The first kappa shape index (κ1) is 20.4. The number of piperazine rings is 1. The number of amides is 1. The van der Waals surface area contributed by atoms with Crippen LogP contribution in [0.5, 0.6) is 0 Å². The molecule has 0 aliphatic carbocycles. The summed E-state index contributed by atoms with van der Waals surface area (Å²) in [5.74, 6) is 0.864. The second-order valence-electron chi connectivity index (χ2n) is 8.06. The van der Waals surface area contributed by atoms with Gasteiger partial charge in [-0.3, -0.25) is 9.48 Å². The number of rotatable bonds is 4. The van der Waals surface area contributed by atoms with Crippen molar-refractivity contribution in [3.63, 3.8) is 0 Å². The van der Waals surface area contributed by atoms with Crippen LogP contribution < -0.4 is 9.80 Å². The minimum Gasteiger partial charge on any atom is -0.378 e. The van der Waals surface area contributed by atoms with Crippen LogP contribution in [0.4, 0.5) is 11.5 Å². The number of ether oxygens (including phenoxy) is 1. The van der Waals surface area contributed by atoms with E-state index in [1.807, 2.05) is 48.3 Å². The van der Waals surface area contributed by atoms with Gasteiger partial charge in [-0.15, -0.1) is 5.10 Å². The van der Waals surface area contributed by atoms with Gasteiger partial charge in [0.25, 0.3) is 5.91 Å². The van der Waals surface area contributed by atoms with Crippen molar-refractivity contribution < 1.29 is 9.53 Å². The van der Waals surface area contributed by atoms with Crippen LogP contribution in [-0.2, 0) is 11.8 Å². The predicted molar refractivity (Wildman–Crippen MR) is 122 cm³/mol. The Hall–Kier alpha value is -3.46. The molecule has 2 aromatic heterocycles. The lowest BCUT2D eigenvalue weighted by molar-refractivity contribution is 0.0735. The highest BCUT2D eigenvalue weighted by atomic mass is 16.5. The molecule has 0 N–H and O–H groups in total. The number of hydrogen-bond acceptors (Lipinski definition) is 7. The number of aryl methyl sites for hydroxylation is 1. The van der Waals surface area contributed by atoms with E-state index in [1.54, 1.807) is 10.9 Å². The Kier molecular flexibility index (Phi) is 5.72. The second kappa shape index (κ2) is 8.96. The molecule has 3 aromatic rings. The van der Waals surface area contributed by atoms with Crippen molar-refractivity contribution in [2.24, 2.45) is 7.05 Å². The normalized spacial score (nSPS) is 17.0. The van der Waals surface area contributed by atoms with Crippen molar-refractivity contribution in [3.8, 4) is 11.3 Å². The van der Waals surface area contributed by atoms with Crippen LogP contribution in [0.1, 0.15) is 10.5 Å². The fraction of sp³-hybridized carbons (Fsp3) is 0.391. The van der Waals surface area contributed by atoms with Crippen molar-refractivity contribution in [1.29, 1.82) is 0 Å². The van der Waals surface area contributed by atoms with Gasteiger partial charge in [0, 0.05) is 57.9 Å². The van der Waals surface area contributed by atoms with Gasteiger partial charge in [0.2, 0.25) is 0 Å². The van der Waals surface area contributed by atoms with E-state index in [0.717, 1.165) is 62.2 Å². The third kappa shape index (κ3) is 4.16. The van der Waals surface area contributed by atoms with Crippen LogP contribution in [0.3, 0.4) is 0 Å². The van der Waals surface area contributed by atoms with Crippen LogP contribution in [0.15, 0.2) is 48.7 Å². The summed E-state index contributed by atoms with van der Waals surface area (Å²) in [4.78, 5) is 19.5. The summed E-state index contributed by atoms with van der Waals surface area (Å²) in [6.45, 7) is 5.90. The molecule has 32 heavy (non-hydrogen) atoms. The van der Waals surface area contributed by atoms with Gasteiger partial charge in [0.15, 0.2) is 5.82 Å². The van der Waals surface area contributed by atoms with E-state index >= 15 is 0 Å². The van der Waals surface area contributed by atoms with E-state index in [1.165, 1.54) is 0 Å². The van der Waals surface area contributed by atoms with Gasteiger partial charge in [0.05, 0.1) is 30.8 Å². The molecular formula is C23H27N7O2. The highest BCUT2D eigenvalue weighted by Crippen LogP contribution is 2.23. The fourth-order valence-corrected chi connectivity index (χ4v) is 4.21. The number of hydrogen-bond donors (Lipinski definition) is 0. The third-order valence-corrected chi connectivity index (χ3v) is 6.06. The number of carbonyl (C=O) groups is 1. The van der Waals surface area contributed by atoms with Gasteiger partial charge < -0.3 is 19.4 Å². The van der Waals surface area contributed by atoms with Gasteiger partial charge in [0.1, 0.15) is 5.69 Å². The van der Waals surface area contributed by atoms with E-state index in [2.05, 4.69) is 31.2 Å². The average Bonchev–Trinajstić information content (AvgIpc) is 3.26. The van der Waals surface area contributed by atoms with E-state index in [4.69, 9.17) is 4.74 Å². The van der Waals surface area contributed by atoms with Gasteiger partial charge in [-0.05, 0) is 6.07 Å². The molecule has 2 fully saturated rings. The lowest BCUT2D eigenvalue weighted by atomic mass is 10.1. The zero-order valence-corrected chi connectivity index (χ0v) is 18.2. The molecule has 166 valence electrons. The smallest absolute Gasteiger partial charge is 0.272 e. The molecule has 1 amide bonds. The average molecular weight is 434 g/mol. The van der Waals surface area contributed by atoms with E-state index in [-0.39, 0.29) is 5.91 Å². The molecule has 1 aromatic carbocycles. The maximum Gasteiger partial charge on any atom is 0.272 e. The molecule has 2 aliphatic heterocycles. The first-order chi connectivity index (χ1) is 15.7. The third-order valence-electron chi connectivity index (χ3n) is 6.06. The molecule has 5 rings (SSSR count). The largest absolute Gasteiger partial charge is 0.378 e. The monoisotopic (exact) mass is 433 g/mol. The number of carbonyl (C=O) groups excluding carboxylic acids is 1. The zero-order chi connectivity index (χ0) is 21.9. The Bertz CT molecular complexity index is 1070. The van der Waals surface area contributed by atoms with Crippen molar-refractivity contribution in [2.45, 2.75) is 0 Å². The standard InChI is InChI=1S/C23H27N7O2/c1-27-21(16-20(26-27)18-5-3-2-4-6-18)23(31)30-9-7-29(8-10-30)22-15-19(17-24-25-22)28-11-13-32-14-12-28/h2-6,15-17H,7-14H2,1H3. The molecule has 0 bridgehead atoms. The number of anilines is 2. The van der Waals surface area contributed by atoms with Gasteiger partial charge >= 0.3 is 0 Å². The van der Waals surface area contributed by atoms with Crippen molar-refractivity contribution in [1.82, 2.24) is 24.9 Å². The van der Waals surface area contributed by atoms with E-state index in [9.17, 15) is 4.79 Å². The van der Waals surface area contributed by atoms with E-state index < -0.39 is 0 Å². The summed E-state index contributed by atoms with van der Waals surface area (Å²) in [5.41, 5.74) is 3.49. The number of benzene rings is 1. The minimum atomic E-state index is 0.00924. The Balaban J connectivity index is 1.24. The van der Waals surface area contributed by atoms with Crippen LogP contribution >= 0.6 is 0 Å². The van der Waals surface area contributed by atoms with E-state index in [0.29, 0.717) is 18.8 Å². The molecule has 0 radical (unpaired) electrons. The Morgan fingerprint density at radius 2 is 1.69 bits per heavy atom. The highest BCUT2D eigenvalue weighted by Gasteiger charge is 2.26. The summed E-state index contributed by atoms with van der Waals surface area (Å²) in [6.07, 6.45) is 1.81. The van der Waals surface area contributed by atoms with Crippen molar-refractivity contribution >= 4 is 17.4 Å². The topological polar surface area (TPSA) is 79.6 Å². The lowest BCUT2D eigenvalue weighted by Crippen LogP contribution is -2.49. The zero-order valence-electron chi connectivity index (χ0n) is 18.2. The van der Waals surface area contributed by atoms with Crippen LogP contribution in [0, 0.1) is 0 Å². The first-order valence-corrected chi connectivity index (χ1v) is 11.0. The number of aromatic nitrogens is 4. The van der Waals surface area contributed by atoms with Crippen LogP contribution in [0.25, 0.3) is 11.3 Å². The highest BCUT2D eigenvalue weighted by molar-refractivity contribution is 5.94. The number of nitrogens with zero attached hydrogens (tertiary/aromatic N) is 7. The molecular weight excluding hydrogens is 406 g/mol. The van der Waals surface area contributed by atoms with Gasteiger partial charge in [-0.1, -0.05) is 30.3 Å². The molecule has 0 unspecified atom stereocenters. The first-order valence-electron chi connectivity index (χ1n) is 11.0. The summed E-state index contributed by atoms with van der Waals surface area (Å²) in [6, 6.07) is 13.9. The molecule has 0 atom stereocenters. The van der Waals surface area contributed by atoms with Gasteiger partial charge in [-0.2, -0.15) is 10.2 Å². The van der Waals surface area contributed by atoms with Crippen molar-refractivity contribution in [3.05, 3.63) is 54.4 Å². The quantitative estimate of drug-likeness (QED) is 0.619. The molecule has 9 heteroatoms. The second-order valence-corrected chi connectivity index (χ2v) is 8.06. The number of morpholine rings is 1. The SMILES string of the molecule is Cn1nc(-c2ccccc2)cc1C(=O)N1CCN(c2cc(N3CCOCC3)cnn2)CC1. The summed E-state index contributed by atoms with van der Waals surface area (Å²) in [7, 11) is 1.82. The summed E-state index contributed by atoms with van der Waals surface area (Å²) < 4.78 is 7.12. The molecule has 2 aliphatic rings. The Morgan fingerprint density at radius 1 is 0.938 bits per heavy atom. The van der Waals surface area contributed by atoms with Crippen molar-refractivity contribution in [2.75, 3.05) is 62.3 Å². The predicted octanol–water partition coefficient (Wildman–Crippen LogP) is 1.68. The fourth-order valence-electron chi connectivity index (χ4n) is 4.21. The lowest BCUT2D eigenvalue weighted by Gasteiger charge is -2.35. The van der Waals surface area contributed by atoms with Gasteiger partial charge in [-0.25, -0.2) is 0 Å². The molecule has 0 spiro atoms. The van der Waals surface area contributed by atoms with Crippen LogP contribution in [0.2, 0.25) is 0 Å². The van der Waals surface area contributed by atoms with Crippen LogP contribution in [-0.4, -0.2) is 83.3 Å². The Labute approximate surface area is 187 Å². The maximum atomic E-state index is 13.2. The summed E-state index contributed by atoms with van der Waals surface area (Å²) >= 11 is 0. The molecule has 9 nitrogen and oxygen atoms in total. The maximum absolute atomic E-state index is 13.2. The molecule has 4 heterocycles. The Morgan fingerprint density at radius 3 is 2.44 bits per heavy atom.